The number of likely N-dealkylation sites (tertiary alicyclic amines) is 1. The Kier molecular flexibility index (Phi) is 4.36. The molecular formula is C20H24N6O3. The van der Waals surface area contributed by atoms with Crippen LogP contribution in [0.3, 0.4) is 0 Å². The molecule has 152 valence electrons. The van der Waals surface area contributed by atoms with Gasteiger partial charge in [0.2, 0.25) is 0 Å². The Bertz CT molecular complexity index is 1060. The zero-order valence-electron chi connectivity index (χ0n) is 16.7. The summed E-state index contributed by atoms with van der Waals surface area (Å²) in [5.74, 6) is -0.0173. The van der Waals surface area contributed by atoms with Crippen molar-refractivity contribution in [2.45, 2.75) is 38.2 Å². The highest BCUT2D eigenvalue weighted by Crippen LogP contribution is 2.34. The van der Waals surface area contributed by atoms with Gasteiger partial charge < -0.3 is 14.4 Å². The molecule has 2 aliphatic rings. The van der Waals surface area contributed by atoms with E-state index < -0.39 is 0 Å². The highest BCUT2D eigenvalue weighted by atomic mass is 16.5. The highest BCUT2D eigenvalue weighted by Gasteiger charge is 2.41. The number of nitrogens with zero attached hydrogens (tertiary/aromatic N) is 6. The van der Waals surface area contributed by atoms with E-state index in [9.17, 15) is 4.79 Å². The van der Waals surface area contributed by atoms with Crippen LogP contribution >= 0.6 is 0 Å². The Hall–Kier alpha value is -2.78. The standard InChI is InChI=1S/C20H24N6O3/c1-24-16-6-4-3-5-14(16)18(22-24)19(27)25-9-7-20(8-10-25)13-26-17(12-29-20)15(11-28-2)21-23-26/h3-6H,7-13H2,1-2H3. The molecule has 9 heteroatoms. The van der Waals surface area contributed by atoms with E-state index in [-0.39, 0.29) is 11.5 Å². The van der Waals surface area contributed by atoms with Crippen LogP contribution in [0, 0.1) is 0 Å². The lowest BCUT2D eigenvalue weighted by atomic mass is 9.89. The van der Waals surface area contributed by atoms with Gasteiger partial charge in [0.05, 0.1) is 36.6 Å². The lowest BCUT2D eigenvalue weighted by molar-refractivity contribution is -0.120. The fraction of sp³-hybridized carbons (Fsp3) is 0.500. The van der Waals surface area contributed by atoms with Crippen molar-refractivity contribution >= 4 is 16.8 Å². The minimum absolute atomic E-state index is 0.0173. The van der Waals surface area contributed by atoms with Gasteiger partial charge in [-0.1, -0.05) is 23.4 Å². The molecule has 1 fully saturated rings. The molecule has 5 rings (SSSR count). The van der Waals surface area contributed by atoms with E-state index in [1.165, 1.54) is 0 Å². The number of carbonyl (C=O) groups is 1. The maximum atomic E-state index is 13.1. The minimum atomic E-state index is -0.298. The van der Waals surface area contributed by atoms with Crippen LogP contribution in [0.2, 0.25) is 0 Å². The van der Waals surface area contributed by atoms with Crippen molar-refractivity contribution in [1.29, 1.82) is 0 Å². The van der Waals surface area contributed by atoms with Gasteiger partial charge in [0, 0.05) is 32.6 Å². The average molecular weight is 396 g/mol. The van der Waals surface area contributed by atoms with Gasteiger partial charge in [0.15, 0.2) is 5.69 Å². The van der Waals surface area contributed by atoms with Crippen LogP contribution in [0.4, 0.5) is 0 Å². The second-order valence-electron chi connectivity index (χ2n) is 7.83. The summed E-state index contributed by atoms with van der Waals surface area (Å²) in [4.78, 5) is 15.0. The third kappa shape index (κ3) is 3.01. The zero-order chi connectivity index (χ0) is 20.0. The summed E-state index contributed by atoms with van der Waals surface area (Å²) < 4.78 is 15.2. The first-order valence-electron chi connectivity index (χ1n) is 9.85. The normalized spacial score (nSPS) is 18.3. The number of amides is 1. The molecule has 4 heterocycles. The summed E-state index contributed by atoms with van der Waals surface area (Å²) in [6.45, 7) is 2.85. The third-order valence-corrected chi connectivity index (χ3v) is 6.07. The Morgan fingerprint density at radius 3 is 2.86 bits per heavy atom. The molecule has 0 aliphatic carbocycles. The number of aryl methyl sites for hydroxylation is 1. The number of aromatic nitrogens is 5. The molecule has 1 saturated heterocycles. The summed E-state index contributed by atoms with van der Waals surface area (Å²) in [7, 11) is 3.52. The molecule has 0 N–H and O–H groups in total. The quantitative estimate of drug-likeness (QED) is 0.667. The zero-order valence-corrected chi connectivity index (χ0v) is 16.7. The van der Waals surface area contributed by atoms with Gasteiger partial charge in [-0.15, -0.1) is 5.10 Å². The van der Waals surface area contributed by atoms with Gasteiger partial charge in [-0.25, -0.2) is 4.68 Å². The molecule has 9 nitrogen and oxygen atoms in total. The van der Waals surface area contributed by atoms with Crippen LogP contribution in [0.25, 0.3) is 10.9 Å². The number of hydrogen-bond acceptors (Lipinski definition) is 6. The summed E-state index contributed by atoms with van der Waals surface area (Å²) >= 11 is 0. The number of piperidine rings is 1. The molecule has 0 bridgehead atoms. The van der Waals surface area contributed by atoms with E-state index in [1.54, 1.807) is 11.8 Å². The molecule has 2 aliphatic heterocycles. The largest absolute Gasteiger partial charge is 0.378 e. The second-order valence-corrected chi connectivity index (χ2v) is 7.83. The predicted molar refractivity (Wildman–Crippen MR) is 104 cm³/mol. The van der Waals surface area contributed by atoms with Gasteiger partial charge in [-0.05, 0) is 18.9 Å². The predicted octanol–water partition coefficient (Wildman–Crippen LogP) is 1.52. The van der Waals surface area contributed by atoms with Crippen LogP contribution in [0.15, 0.2) is 24.3 Å². The number of rotatable bonds is 3. The van der Waals surface area contributed by atoms with Gasteiger partial charge in [0.25, 0.3) is 5.91 Å². The van der Waals surface area contributed by atoms with Gasteiger partial charge in [-0.2, -0.15) is 5.10 Å². The number of ether oxygens (including phenoxy) is 2. The Labute approximate surface area is 168 Å². The van der Waals surface area contributed by atoms with Crippen molar-refractivity contribution in [2.24, 2.45) is 7.05 Å². The molecule has 1 aromatic carbocycles. The number of methoxy groups -OCH3 is 1. The maximum Gasteiger partial charge on any atom is 0.275 e. The molecular weight excluding hydrogens is 372 g/mol. The number of para-hydroxylation sites is 1. The smallest absolute Gasteiger partial charge is 0.275 e. The van der Waals surface area contributed by atoms with Crippen LogP contribution < -0.4 is 0 Å². The van der Waals surface area contributed by atoms with E-state index in [2.05, 4.69) is 15.4 Å². The van der Waals surface area contributed by atoms with Crippen LogP contribution in [-0.4, -0.2) is 61.4 Å². The molecule has 0 unspecified atom stereocenters. The molecule has 0 saturated carbocycles. The third-order valence-electron chi connectivity index (χ3n) is 6.07. The van der Waals surface area contributed by atoms with Crippen molar-refractivity contribution in [1.82, 2.24) is 29.7 Å². The highest BCUT2D eigenvalue weighted by molar-refractivity contribution is 6.04. The fourth-order valence-electron chi connectivity index (χ4n) is 4.38. The first-order valence-corrected chi connectivity index (χ1v) is 9.85. The Morgan fingerprint density at radius 1 is 1.28 bits per heavy atom. The molecule has 29 heavy (non-hydrogen) atoms. The van der Waals surface area contributed by atoms with Crippen molar-refractivity contribution in [2.75, 3.05) is 20.2 Å². The van der Waals surface area contributed by atoms with Crippen molar-refractivity contribution < 1.29 is 14.3 Å². The number of fused-ring (bicyclic) bond motifs is 2. The molecule has 2 aromatic heterocycles. The van der Waals surface area contributed by atoms with Gasteiger partial charge in [0.1, 0.15) is 5.69 Å². The fourth-order valence-corrected chi connectivity index (χ4v) is 4.38. The van der Waals surface area contributed by atoms with Gasteiger partial charge in [-0.3, -0.25) is 9.48 Å². The van der Waals surface area contributed by atoms with E-state index in [0.29, 0.717) is 38.5 Å². The summed E-state index contributed by atoms with van der Waals surface area (Å²) in [6.07, 6.45) is 1.53. The minimum Gasteiger partial charge on any atom is -0.378 e. The summed E-state index contributed by atoms with van der Waals surface area (Å²) in [5.41, 5.74) is 3.00. The second kappa shape index (κ2) is 6.93. The van der Waals surface area contributed by atoms with E-state index >= 15 is 0 Å². The topological polar surface area (TPSA) is 87.3 Å². The van der Waals surface area contributed by atoms with Crippen molar-refractivity contribution in [3.63, 3.8) is 0 Å². The van der Waals surface area contributed by atoms with E-state index in [4.69, 9.17) is 9.47 Å². The number of hydrogen-bond donors (Lipinski definition) is 0. The first kappa shape index (κ1) is 18.3. The van der Waals surface area contributed by atoms with E-state index in [0.717, 1.165) is 35.1 Å². The molecule has 1 amide bonds. The SMILES string of the molecule is COCc1nnn2c1COC1(CCN(C(=O)c3nn(C)c4ccccc34)CC1)C2. The molecule has 0 radical (unpaired) electrons. The van der Waals surface area contributed by atoms with Crippen LogP contribution in [0.1, 0.15) is 34.7 Å². The lowest BCUT2D eigenvalue weighted by Crippen LogP contribution is -2.52. The lowest BCUT2D eigenvalue weighted by Gasteiger charge is -2.43. The first-order chi connectivity index (χ1) is 14.1. The molecule has 0 atom stereocenters. The summed E-state index contributed by atoms with van der Waals surface area (Å²) in [6, 6.07) is 7.83. The Balaban J connectivity index is 1.31. The van der Waals surface area contributed by atoms with Crippen LogP contribution in [0.5, 0.6) is 0 Å². The monoisotopic (exact) mass is 396 g/mol. The Morgan fingerprint density at radius 2 is 2.07 bits per heavy atom. The molecule has 1 spiro atoms. The summed E-state index contributed by atoms with van der Waals surface area (Å²) in [5, 5.41) is 13.9. The van der Waals surface area contributed by atoms with Gasteiger partial charge >= 0.3 is 0 Å². The van der Waals surface area contributed by atoms with Crippen LogP contribution in [-0.2, 0) is 36.3 Å². The maximum absolute atomic E-state index is 13.1. The average Bonchev–Trinajstić information content (AvgIpc) is 3.29. The van der Waals surface area contributed by atoms with Crippen molar-refractivity contribution in [3.05, 3.63) is 41.3 Å². The number of carbonyl (C=O) groups excluding carboxylic acids is 1. The van der Waals surface area contributed by atoms with Crippen molar-refractivity contribution in [3.8, 4) is 0 Å². The van der Waals surface area contributed by atoms with E-state index in [1.807, 2.05) is 40.9 Å². The molecule has 3 aromatic rings. The number of benzene rings is 1.